The molecule has 9 heteroatoms. The molecule has 0 spiro atoms. The maximum atomic E-state index is 6.08. The fraction of sp³-hybridized carbons (Fsp3) is 0.125. The van der Waals surface area contributed by atoms with Gasteiger partial charge in [0.25, 0.3) is 0 Å². The van der Waals surface area contributed by atoms with E-state index in [2.05, 4.69) is 41.4 Å². The first kappa shape index (κ1) is 16.0. The van der Waals surface area contributed by atoms with Crippen molar-refractivity contribution in [1.82, 2.24) is 29.5 Å². The highest BCUT2D eigenvalue weighted by Crippen LogP contribution is 2.30. The summed E-state index contributed by atoms with van der Waals surface area (Å²) in [7, 11) is 1.84. The molecule has 3 aromatic heterocycles. The molecule has 3 heterocycles. The van der Waals surface area contributed by atoms with Crippen molar-refractivity contribution < 1.29 is 0 Å². The normalized spacial score (nSPS) is 11.2. The predicted molar refractivity (Wildman–Crippen MR) is 101 cm³/mol. The molecule has 0 bridgehead atoms. The standard InChI is InChI=1S/C16H13BrClN7/c1-9-12(7-21-25(9)11-5-3-4-10(18)6-11)22-15-13-14(17)23-24(2)16(13)20-8-19-15/h3-8H,1-2H3,(H,19,20,22). The molecule has 1 aromatic carbocycles. The smallest absolute Gasteiger partial charge is 0.164 e. The molecule has 0 saturated heterocycles. The number of halogens is 2. The summed E-state index contributed by atoms with van der Waals surface area (Å²) in [6.45, 7) is 1.98. The molecule has 0 radical (unpaired) electrons. The van der Waals surface area contributed by atoms with Crippen molar-refractivity contribution in [2.45, 2.75) is 6.92 Å². The Hall–Kier alpha value is -2.45. The highest BCUT2D eigenvalue weighted by molar-refractivity contribution is 9.10. The predicted octanol–water partition coefficient (Wildman–Crippen LogP) is 4.02. The van der Waals surface area contributed by atoms with E-state index < -0.39 is 0 Å². The van der Waals surface area contributed by atoms with Crippen LogP contribution in [0, 0.1) is 6.92 Å². The monoisotopic (exact) mass is 417 g/mol. The summed E-state index contributed by atoms with van der Waals surface area (Å²) in [5.41, 5.74) is 3.42. The first-order chi connectivity index (χ1) is 12.0. The van der Waals surface area contributed by atoms with Crippen molar-refractivity contribution in [1.29, 1.82) is 0 Å². The molecule has 0 aliphatic carbocycles. The van der Waals surface area contributed by atoms with Crippen LogP contribution in [0.1, 0.15) is 5.69 Å². The number of hydrogen-bond acceptors (Lipinski definition) is 5. The van der Waals surface area contributed by atoms with Gasteiger partial charge in [-0.25, -0.2) is 19.3 Å². The van der Waals surface area contributed by atoms with E-state index in [9.17, 15) is 0 Å². The molecule has 126 valence electrons. The van der Waals surface area contributed by atoms with Crippen molar-refractivity contribution in [3.63, 3.8) is 0 Å². The average Bonchev–Trinajstić information content (AvgIpc) is 3.09. The number of nitrogens with one attached hydrogen (secondary N) is 1. The van der Waals surface area contributed by atoms with Crippen molar-refractivity contribution in [2.75, 3.05) is 5.32 Å². The Morgan fingerprint density at radius 2 is 2.08 bits per heavy atom. The van der Waals surface area contributed by atoms with Crippen LogP contribution in [0.3, 0.4) is 0 Å². The Morgan fingerprint density at radius 1 is 1.24 bits per heavy atom. The molecule has 1 N–H and O–H groups in total. The van der Waals surface area contributed by atoms with Gasteiger partial charge in [-0.15, -0.1) is 0 Å². The fourth-order valence-electron chi connectivity index (χ4n) is 2.66. The summed E-state index contributed by atoms with van der Waals surface area (Å²) >= 11 is 9.54. The molecular formula is C16H13BrClN7. The minimum absolute atomic E-state index is 0.665. The first-order valence-corrected chi connectivity index (χ1v) is 8.62. The van der Waals surface area contributed by atoms with E-state index >= 15 is 0 Å². The summed E-state index contributed by atoms with van der Waals surface area (Å²) in [4.78, 5) is 8.62. The Labute approximate surface area is 156 Å². The quantitative estimate of drug-likeness (QED) is 0.544. The SMILES string of the molecule is Cc1c(Nc2ncnc3c2c(Br)nn3C)cnn1-c1cccc(Cl)c1. The molecular weight excluding hydrogens is 406 g/mol. The molecule has 0 aliphatic heterocycles. The van der Waals surface area contributed by atoms with Gasteiger partial charge in [-0.05, 0) is 41.1 Å². The van der Waals surface area contributed by atoms with Gasteiger partial charge in [0.2, 0.25) is 0 Å². The van der Waals surface area contributed by atoms with Crippen LogP contribution in [-0.4, -0.2) is 29.5 Å². The lowest BCUT2D eigenvalue weighted by molar-refractivity contribution is 0.777. The number of rotatable bonds is 3. The third-order valence-electron chi connectivity index (χ3n) is 3.89. The minimum atomic E-state index is 0.665. The van der Waals surface area contributed by atoms with E-state index in [-0.39, 0.29) is 0 Å². The molecule has 0 unspecified atom stereocenters. The highest BCUT2D eigenvalue weighted by atomic mass is 79.9. The van der Waals surface area contributed by atoms with E-state index in [0.717, 1.165) is 28.1 Å². The van der Waals surface area contributed by atoms with Crippen LogP contribution >= 0.6 is 27.5 Å². The molecule has 0 amide bonds. The third-order valence-corrected chi connectivity index (χ3v) is 4.68. The van der Waals surface area contributed by atoms with E-state index in [4.69, 9.17) is 11.6 Å². The molecule has 25 heavy (non-hydrogen) atoms. The zero-order valence-electron chi connectivity index (χ0n) is 13.4. The van der Waals surface area contributed by atoms with E-state index in [1.807, 2.05) is 42.9 Å². The fourth-order valence-corrected chi connectivity index (χ4v) is 3.45. The molecule has 7 nitrogen and oxygen atoms in total. The van der Waals surface area contributed by atoms with Gasteiger partial charge in [0.15, 0.2) is 5.65 Å². The number of fused-ring (bicyclic) bond motifs is 1. The lowest BCUT2D eigenvalue weighted by atomic mass is 10.3. The van der Waals surface area contributed by atoms with Crippen molar-refractivity contribution >= 4 is 50.1 Å². The second kappa shape index (κ2) is 6.12. The zero-order valence-corrected chi connectivity index (χ0v) is 15.7. The number of aromatic nitrogens is 6. The van der Waals surface area contributed by atoms with E-state index in [1.54, 1.807) is 10.9 Å². The molecule has 0 fully saturated rings. The van der Waals surface area contributed by atoms with Gasteiger partial charge in [-0.1, -0.05) is 17.7 Å². The number of nitrogens with zero attached hydrogens (tertiary/aromatic N) is 6. The maximum absolute atomic E-state index is 6.08. The highest BCUT2D eigenvalue weighted by Gasteiger charge is 2.16. The molecule has 0 atom stereocenters. The second-order valence-corrected chi connectivity index (χ2v) is 6.68. The van der Waals surface area contributed by atoms with Gasteiger partial charge in [-0.2, -0.15) is 10.2 Å². The second-order valence-electron chi connectivity index (χ2n) is 5.50. The Morgan fingerprint density at radius 3 is 2.88 bits per heavy atom. The van der Waals surface area contributed by atoms with Crippen LogP contribution in [-0.2, 0) is 7.05 Å². The van der Waals surface area contributed by atoms with Crippen LogP contribution in [0.2, 0.25) is 5.02 Å². The number of aryl methyl sites for hydroxylation is 1. The van der Waals surface area contributed by atoms with Crippen molar-refractivity contribution in [3.05, 3.63) is 52.1 Å². The van der Waals surface area contributed by atoms with Crippen LogP contribution < -0.4 is 5.32 Å². The minimum Gasteiger partial charge on any atom is -0.337 e. The van der Waals surface area contributed by atoms with Crippen LogP contribution in [0.25, 0.3) is 16.7 Å². The average molecular weight is 419 g/mol. The van der Waals surface area contributed by atoms with Gasteiger partial charge >= 0.3 is 0 Å². The lowest BCUT2D eigenvalue weighted by Gasteiger charge is -2.08. The summed E-state index contributed by atoms with van der Waals surface area (Å²) in [6, 6.07) is 7.55. The Bertz CT molecular complexity index is 1090. The van der Waals surface area contributed by atoms with Gasteiger partial charge in [0, 0.05) is 12.1 Å². The van der Waals surface area contributed by atoms with Gasteiger partial charge in [-0.3, -0.25) is 0 Å². The molecule has 0 aliphatic rings. The third kappa shape index (κ3) is 2.77. The molecule has 0 saturated carbocycles. The van der Waals surface area contributed by atoms with Crippen LogP contribution in [0.5, 0.6) is 0 Å². The largest absolute Gasteiger partial charge is 0.337 e. The Kier molecular flexibility index (Phi) is 3.93. The maximum Gasteiger partial charge on any atom is 0.164 e. The zero-order chi connectivity index (χ0) is 17.6. The lowest BCUT2D eigenvalue weighted by Crippen LogP contribution is -2.01. The van der Waals surface area contributed by atoms with E-state index in [0.29, 0.717) is 15.4 Å². The number of hydrogen-bond donors (Lipinski definition) is 1. The summed E-state index contributed by atoms with van der Waals surface area (Å²) in [5.74, 6) is 0.665. The number of anilines is 2. The van der Waals surface area contributed by atoms with Crippen molar-refractivity contribution in [2.24, 2.45) is 7.05 Å². The molecule has 4 rings (SSSR count). The van der Waals surface area contributed by atoms with E-state index in [1.165, 1.54) is 6.33 Å². The Balaban J connectivity index is 1.76. The van der Waals surface area contributed by atoms with Gasteiger partial charge < -0.3 is 5.32 Å². The van der Waals surface area contributed by atoms with Crippen LogP contribution in [0.4, 0.5) is 11.5 Å². The van der Waals surface area contributed by atoms with Crippen molar-refractivity contribution in [3.8, 4) is 5.69 Å². The first-order valence-electron chi connectivity index (χ1n) is 7.45. The van der Waals surface area contributed by atoms with Gasteiger partial charge in [0.05, 0.1) is 28.7 Å². The van der Waals surface area contributed by atoms with Gasteiger partial charge in [0.1, 0.15) is 16.7 Å². The number of benzene rings is 1. The summed E-state index contributed by atoms with van der Waals surface area (Å²) in [5, 5.41) is 13.6. The van der Waals surface area contributed by atoms with Crippen LogP contribution in [0.15, 0.2) is 41.4 Å². The topological polar surface area (TPSA) is 73.5 Å². The summed E-state index contributed by atoms with van der Waals surface area (Å²) in [6.07, 6.45) is 3.27. The molecule has 4 aromatic rings. The summed E-state index contributed by atoms with van der Waals surface area (Å²) < 4.78 is 4.22.